The maximum Gasteiger partial charge on any atom is 0.208 e. The summed E-state index contributed by atoms with van der Waals surface area (Å²) >= 11 is 0. The van der Waals surface area contributed by atoms with Gasteiger partial charge in [0.15, 0.2) is 0 Å². The molecule has 26 heavy (non-hydrogen) atoms. The van der Waals surface area contributed by atoms with Gasteiger partial charge in [0.25, 0.3) is 0 Å². The van der Waals surface area contributed by atoms with Crippen LogP contribution in [0.3, 0.4) is 0 Å². The summed E-state index contributed by atoms with van der Waals surface area (Å²) in [6.07, 6.45) is -0.295. The molecule has 2 N–H and O–H groups in total. The summed E-state index contributed by atoms with van der Waals surface area (Å²) in [5.74, 6) is -0.130. The van der Waals surface area contributed by atoms with Gasteiger partial charge in [0, 0.05) is 19.2 Å². The Balaban J connectivity index is 2.12. The number of ether oxygens (including phenoxy) is 2. The molecule has 6 nitrogen and oxygen atoms in total. The van der Waals surface area contributed by atoms with E-state index < -0.39 is 5.43 Å². The van der Waals surface area contributed by atoms with Gasteiger partial charge in [0.05, 0.1) is 0 Å². The number of hydrogen-bond acceptors (Lipinski definition) is 6. The van der Waals surface area contributed by atoms with E-state index in [-0.39, 0.29) is 46.1 Å². The zero-order chi connectivity index (χ0) is 19.0. The molecule has 0 fully saturated rings. The molecule has 0 amide bonds. The summed E-state index contributed by atoms with van der Waals surface area (Å²) < 4.78 is 16.7. The van der Waals surface area contributed by atoms with Crippen molar-refractivity contribution in [1.29, 1.82) is 0 Å². The van der Waals surface area contributed by atoms with Crippen molar-refractivity contribution in [3.8, 4) is 17.2 Å². The second kappa shape index (κ2) is 6.72. The molecule has 0 saturated heterocycles. The van der Waals surface area contributed by atoms with Crippen LogP contribution in [0.5, 0.6) is 17.2 Å². The van der Waals surface area contributed by atoms with Crippen LogP contribution in [0.1, 0.15) is 12.5 Å². The highest BCUT2D eigenvalue weighted by Crippen LogP contribution is 2.33. The summed E-state index contributed by atoms with van der Waals surface area (Å²) in [7, 11) is 1.56. The number of fused-ring (bicyclic) bond motifs is 2. The molecule has 3 aromatic rings. The van der Waals surface area contributed by atoms with Crippen molar-refractivity contribution < 1.29 is 24.1 Å². The zero-order valence-electron chi connectivity index (χ0n) is 14.8. The predicted molar refractivity (Wildman–Crippen MR) is 99.2 cm³/mol. The van der Waals surface area contributed by atoms with Crippen LogP contribution in [0, 0.1) is 6.92 Å². The molecule has 1 aromatic heterocycles. The van der Waals surface area contributed by atoms with E-state index in [9.17, 15) is 15.0 Å². The number of phenols is 2. The SMILES string of the molecule is C=C(C)[C@H](COc1cc(O)c2c(=O)c3c(O)cc(C)cc3oc2c1)OC. The molecular weight excluding hydrogens is 336 g/mol. The summed E-state index contributed by atoms with van der Waals surface area (Å²) in [6, 6.07) is 5.99. The van der Waals surface area contributed by atoms with Gasteiger partial charge in [-0.2, -0.15) is 0 Å². The van der Waals surface area contributed by atoms with Crippen LogP contribution in [-0.4, -0.2) is 30.0 Å². The molecular formula is C20H20O6. The first kappa shape index (κ1) is 17.8. The quantitative estimate of drug-likeness (QED) is 0.536. The van der Waals surface area contributed by atoms with Crippen molar-refractivity contribution in [2.75, 3.05) is 13.7 Å². The van der Waals surface area contributed by atoms with Crippen molar-refractivity contribution in [2.24, 2.45) is 0 Å². The summed E-state index contributed by atoms with van der Waals surface area (Å²) in [5.41, 5.74) is 1.47. The molecule has 0 radical (unpaired) electrons. The molecule has 0 aliphatic rings. The van der Waals surface area contributed by atoms with E-state index in [1.54, 1.807) is 20.1 Å². The lowest BCUT2D eigenvalue weighted by Crippen LogP contribution is -2.21. The second-order valence-electron chi connectivity index (χ2n) is 6.29. The van der Waals surface area contributed by atoms with Crippen molar-refractivity contribution in [2.45, 2.75) is 20.0 Å². The molecule has 136 valence electrons. The number of aryl methyl sites for hydroxylation is 1. The zero-order valence-corrected chi connectivity index (χ0v) is 14.8. The van der Waals surface area contributed by atoms with Gasteiger partial charge in [-0.25, -0.2) is 0 Å². The van der Waals surface area contributed by atoms with Crippen LogP contribution in [0.2, 0.25) is 0 Å². The Morgan fingerprint density at radius 1 is 1.15 bits per heavy atom. The molecule has 2 aromatic carbocycles. The van der Waals surface area contributed by atoms with Crippen LogP contribution >= 0.6 is 0 Å². The van der Waals surface area contributed by atoms with E-state index in [1.165, 1.54) is 18.2 Å². The normalized spacial score (nSPS) is 12.4. The van der Waals surface area contributed by atoms with E-state index in [2.05, 4.69) is 6.58 Å². The Morgan fingerprint density at radius 2 is 1.77 bits per heavy atom. The summed E-state index contributed by atoms with van der Waals surface area (Å²) in [5, 5.41) is 20.4. The molecule has 0 aliphatic heterocycles. The Morgan fingerprint density at radius 3 is 2.38 bits per heavy atom. The highest BCUT2D eigenvalue weighted by molar-refractivity contribution is 5.96. The Kier molecular flexibility index (Phi) is 4.61. The molecule has 0 bridgehead atoms. The van der Waals surface area contributed by atoms with Gasteiger partial charge in [-0.3, -0.25) is 4.79 Å². The Labute approximate surface area is 149 Å². The molecule has 0 unspecified atom stereocenters. The molecule has 0 saturated carbocycles. The fourth-order valence-electron chi connectivity index (χ4n) is 2.84. The van der Waals surface area contributed by atoms with Gasteiger partial charge in [-0.1, -0.05) is 6.58 Å². The van der Waals surface area contributed by atoms with E-state index >= 15 is 0 Å². The van der Waals surface area contributed by atoms with Crippen LogP contribution in [-0.2, 0) is 4.74 Å². The summed E-state index contributed by atoms with van der Waals surface area (Å²) in [4.78, 5) is 12.7. The van der Waals surface area contributed by atoms with Crippen molar-refractivity contribution in [1.82, 2.24) is 0 Å². The minimum absolute atomic E-state index is 0.00723. The predicted octanol–water partition coefficient (Wildman–Crippen LogP) is 3.64. The van der Waals surface area contributed by atoms with Crippen LogP contribution < -0.4 is 10.2 Å². The second-order valence-corrected chi connectivity index (χ2v) is 6.29. The molecule has 6 heteroatoms. The lowest BCUT2D eigenvalue weighted by molar-refractivity contribution is 0.0838. The maximum absolute atomic E-state index is 12.7. The fourth-order valence-corrected chi connectivity index (χ4v) is 2.84. The van der Waals surface area contributed by atoms with Gasteiger partial charge in [0.2, 0.25) is 5.43 Å². The van der Waals surface area contributed by atoms with Crippen LogP contribution in [0.4, 0.5) is 0 Å². The van der Waals surface area contributed by atoms with Gasteiger partial charge in [0.1, 0.15) is 51.9 Å². The van der Waals surface area contributed by atoms with Gasteiger partial charge >= 0.3 is 0 Å². The fraction of sp³-hybridized carbons (Fsp3) is 0.250. The number of hydrogen-bond donors (Lipinski definition) is 2. The molecule has 3 rings (SSSR count). The minimum Gasteiger partial charge on any atom is -0.507 e. The lowest BCUT2D eigenvalue weighted by Gasteiger charge is -2.16. The third-order valence-corrected chi connectivity index (χ3v) is 4.19. The van der Waals surface area contributed by atoms with Crippen molar-refractivity contribution in [3.63, 3.8) is 0 Å². The van der Waals surface area contributed by atoms with E-state index in [1.807, 2.05) is 6.92 Å². The average molecular weight is 356 g/mol. The first-order valence-corrected chi connectivity index (χ1v) is 8.06. The lowest BCUT2D eigenvalue weighted by atomic mass is 10.1. The number of aromatic hydroxyl groups is 2. The van der Waals surface area contributed by atoms with Crippen LogP contribution in [0.15, 0.2) is 45.6 Å². The van der Waals surface area contributed by atoms with E-state index in [4.69, 9.17) is 13.9 Å². The topological polar surface area (TPSA) is 89.1 Å². The smallest absolute Gasteiger partial charge is 0.208 e. The summed E-state index contributed by atoms with van der Waals surface area (Å²) in [6.45, 7) is 7.64. The Bertz CT molecular complexity index is 1060. The Hall–Kier alpha value is -2.99. The van der Waals surface area contributed by atoms with E-state index in [0.29, 0.717) is 5.75 Å². The van der Waals surface area contributed by atoms with Gasteiger partial charge in [-0.15, -0.1) is 0 Å². The number of benzene rings is 2. The molecule has 1 atom stereocenters. The third-order valence-electron chi connectivity index (χ3n) is 4.19. The van der Waals surface area contributed by atoms with Crippen LogP contribution in [0.25, 0.3) is 21.9 Å². The maximum atomic E-state index is 12.7. The van der Waals surface area contributed by atoms with Crippen molar-refractivity contribution >= 4 is 21.9 Å². The average Bonchev–Trinajstić information content (AvgIpc) is 2.53. The highest BCUT2D eigenvalue weighted by Gasteiger charge is 2.17. The molecule has 0 spiro atoms. The van der Waals surface area contributed by atoms with Gasteiger partial charge in [-0.05, 0) is 37.1 Å². The largest absolute Gasteiger partial charge is 0.507 e. The highest BCUT2D eigenvalue weighted by atomic mass is 16.5. The number of methoxy groups -OCH3 is 1. The monoisotopic (exact) mass is 356 g/mol. The molecule has 0 aliphatic carbocycles. The third kappa shape index (κ3) is 3.11. The van der Waals surface area contributed by atoms with Crippen molar-refractivity contribution in [3.05, 3.63) is 52.2 Å². The molecule has 1 heterocycles. The first-order chi connectivity index (χ1) is 12.3. The minimum atomic E-state index is -0.500. The first-order valence-electron chi connectivity index (χ1n) is 8.06. The van der Waals surface area contributed by atoms with Gasteiger partial charge < -0.3 is 24.1 Å². The number of phenolic OH excluding ortho intramolecular Hbond substituents is 2. The number of rotatable bonds is 5. The van der Waals surface area contributed by atoms with E-state index in [0.717, 1.165) is 11.1 Å². The standard InChI is InChI=1S/C20H20O6/c1-10(2)17(24-4)9-25-12-7-14(22)19-16(8-12)26-15-6-11(3)5-13(21)18(15)20(19)23/h5-8,17,21-22H,1,9H2,2-4H3/t17-/m0/s1.